The summed E-state index contributed by atoms with van der Waals surface area (Å²) >= 11 is 1.67. The van der Waals surface area contributed by atoms with Crippen molar-refractivity contribution in [2.75, 3.05) is 0 Å². The number of pyridine rings is 1. The van der Waals surface area contributed by atoms with Crippen LogP contribution in [0.5, 0.6) is 0 Å². The predicted molar refractivity (Wildman–Crippen MR) is 60.5 cm³/mol. The minimum absolute atomic E-state index is 0.752. The molecule has 0 N–H and O–H groups in total. The van der Waals surface area contributed by atoms with E-state index >= 15 is 0 Å². The Morgan fingerprint density at radius 1 is 1.36 bits per heavy atom. The van der Waals surface area contributed by atoms with Gasteiger partial charge in [0, 0.05) is 18.0 Å². The number of nitrogens with zero attached hydrogens (tertiary/aromatic N) is 2. The third-order valence-corrected chi connectivity index (χ3v) is 2.49. The molecule has 2 rings (SSSR count). The molecule has 2 nitrogen and oxygen atoms in total. The highest BCUT2D eigenvalue weighted by atomic mass is 32.1. The molecule has 2 aromatic rings. The lowest BCUT2D eigenvalue weighted by Gasteiger charge is -1.92. The van der Waals surface area contributed by atoms with Crippen LogP contribution in [0.4, 0.5) is 5.82 Å². The molecule has 2 aromatic heterocycles. The monoisotopic (exact) mass is 202 g/mol. The van der Waals surface area contributed by atoms with Crippen molar-refractivity contribution in [1.29, 1.82) is 0 Å². The quantitative estimate of drug-likeness (QED) is 0.686. The Labute approximate surface area is 87.0 Å². The SMILES string of the molecule is Cc1ccc(N=Cc2ccsc2)nc1. The molecule has 0 aromatic carbocycles. The molecular formula is C11H10N2S. The van der Waals surface area contributed by atoms with Crippen LogP contribution in [0.1, 0.15) is 11.1 Å². The van der Waals surface area contributed by atoms with Crippen molar-refractivity contribution in [2.24, 2.45) is 4.99 Å². The molecule has 14 heavy (non-hydrogen) atoms. The van der Waals surface area contributed by atoms with Gasteiger partial charge in [0.1, 0.15) is 0 Å². The maximum atomic E-state index is 4.26. The highest BCUT2D eigenvalue weighted by molar-refractivity contribution is 7.08. The first-order chi connectivity index (χ1) is 6.84. The molecule has 3 heteroatoms. The fraction of sp³-hybridized carbons (Fsp3) is 0.0909. The average Bonchev–Trinajstić information content (AvgIpc) is 2.70. The van der Waals surface area contributed by atoms with Crippen molar-refractivity contribution >= 4 is 23.4 Å². The molecule has 0 radical (unpaired) electrons. The van der Waals surface area contributed by atoms with E-state index in [-0.39, 0.29) is 0 Å². The lowest BCUT2D eigenvalue weighted by atomic mass is 10.3. The zero-order valence-electron chi connectivity index (χ0n) is 7.84. The Hall–Kier alpha value is -1.48. The summed E-state index contributed by atoms with van der Waals surface area (Å²) in [5.41, 5.74) is 2.27. The van der Waals surface area contributed by atoms with E-state index in [2.05, 4.69) is 15.4 Å². The molecule has 0 atom stereocenters. The second kappa shape index (κ2) is 4.15. The molecule has 0 bridgehead atoms. The lowest BCUT2D eigenvalue weighted by molar-refractivity contribution is 1.24. The van der Waals surface area contributed by atoms with Crippen LogP contribution >= 0.6 is 11.3 Å². The molecule has 0 fully saturated rings. The molecule has 0 spiro atoms. The molecule has 70 valence electrons. The fourth-order valence-electron chi connectivity index (χ4n) is 1.03. The number of aromatic nitrogens is 1. The number of aryl methyl sites for hydroxylation is 1. The molecule has 0 saturated carbocycles. The van der Waals surface area contributed by atoms with Gasteiger partial charge < -0.3 is 0 Å². The van der Waals surface area contributed by atoms with E-state index in [1.165, 1.54) is 0 Å². The minimum atomic E-state index is 0.752. The van der Waals surface area contributed by atoms with Crippen molar-refractivity contribution in [3.8, 4) is 0 Å². The van der Waals surface area contributed by atoms with E-state index in [4.69, 9.17) is 0 Å². The number of rotatable bonds is 2. The van der Waals surface area contributed by atoms with E-state index in [1.807, 2.05) is 42.9 Å². The first kappa shape index (κ1) is 9.09. The van der Waals surface area contributed by atoms with Gasteiger partial charge >= 0.3 is 0 Å². The second-order valence-corrected chi connectivity index (χ2v) is 3.79. The maximum Gasteiger partial charge on any atom is 0.151 e. The summed E-state index contributed by atoms with van der Waals surface area (Å²) in [4.78, 5) is 8.44. The van der Waals surface area contributed by atoms with Crippen molar-refractivity contribution < 1.29 is 0 Å². The van der Waals surface area contributed by atoms with E-state index in [0.717, 1.165) is 16.9 Å². The number of hydrogen-bond acceptors (Lipinski definition) is 3. The molecule has 0 aliphatic rings. The standard InChI is InChI=1S/C11H10N2S/c1-9-2-3-11(12-6-9)13-7-10-4-5-14-8-10/h2-8H,1H3. The molecule has 2 heterocycles. The zero-order chi connectivity index (χ0) is 9.80. The highest BCUT2D eigenvalue weighted by Gasteiger charge is 1.89. The number of aliphatic imine (C=N–C) groups is 1. The Morgan fingerprint density at radius 3 is 2.93 bits per heavy atom. The van der Waals surface area contributed by atoms with Crippen molar-refractivity contribution in [2.45, 2.75) is 6.92 Å². The predicted octanol–water partition coefficient (Wildman–Crippen LogP) is 3.20. The molecule has 0 amide bonds. The van der Waals surface area contributed by atoms with Crippen LogP contribution < -0.4 is 0 Å². The van der Waals surface area contributed by atoms with Gasteiger partial charge in [0.25, 0.3) is 0 Å². The van der Waals surface area contributed by atoms with E-state index in [9.17, 15) is 0 Å². The van der Waals surface area contributed by atoms with Gasteiger partial charge in [0.05, 0.1) is 0 Å². The molecular weight excluding hydrogens is 192 g/mol. The molecule has 0 aliphatic heterocycles. The summed E-state index contributed by atoms with van der Waals surface area (Å²) in [5, 5.41) is 4.08. The highest BCUT2D eigenvalue weighted by Crippen LogP contribution is 2.09. The van der Waals surface area contributed by atoms with Gasteiger partial charge in [-0.3, -0.25) is 0 Å². The van der Waals surface area contributed by atoms with Crippen LogP contribution in [0.25, 0.3) is 0 Å². The molecule has 0 saturated heterocycles. The minimum Gasteiger partial charge on any atom is -0.237 e. The van der Waals surface area contributed by atoms with E-state index < -0.39 is 0 Å². The third-order valence-electron chi connectivity index (χ3n) is 1.78. The lowest BCUT2D eigenvalue weighted by Crippen LogP contribution is -1.78. The summed E-state index contributed by atoms with van der Waals surface area (Å²) < 4.78 is 0. The number of thiophene rings is 1. The summed E-state index contributed by atoms with van der Waals surface area (Å²) in [6.45, 7) is 2.01. The van der Waals surface area contributed by atoms with Gasteiger partial charge in [-0.15, -0.1) is 0 Å². The van der Waals surface area contributed by atoms with Gasteiger partial charge in [0.15, 0.2) is 5.82 Å². The summed E-state index contributed by atoms with van der Waals surface area (Å²) in [7, 11) is 0. The average molecular weight is 202 g/mol. The van der Waals surface area contributed by atoms with Crippen LogP contribution in [0.2, 0.25) is 0 Å². The van der Waals surface area contributed by atoms with E-state index in [0.29, 0.717) is 0 Å². The normalized spacial score (nSPS) is 10.9. The van der Waals surface area contributed by atoms with E-state index in [1.54, 1.807) is 11.3 Å². The van der Waals surface area contributed by atoms with Crippen molar-refractivity contribution in [3.63, 3.8) is 0 Å². The largest absolute Gasteiger partial charge is 0.237 e. The van der Waals surface area contributed by atoms with Crippen LogP contribution in [0.15, 0.2) is 40.1 Å². The van der Waals surface area contributed by atoms with Gasteiger partial charge in [-0.1, -0.05) is 6.07 Å². The van der Waals surface area contributed by atoms with Crippen LogP contribution in [0.3, 0.4) is 0 Å². The van der Waals surface area contributed by atoms with Crippen molar-refractivity contribution in [1.82, 2.24) is 4.98 Å². The van der Waals surface area contributed by atoms with Crippen LogP contribution in [0, 0.1) is 6.92 Å². The Kier molecular flexibility index (Phi) is 2.70. The fourth-order valence-corrected chi connectivity index (χ4v) is 1.64. The third kappa shape index (κ3) is 2.26. The van der Waals surface area contributed by atoms with Crippen LogP contribution in [-0.4, -0.2) is 11.2 Å². The zero-order valence-corrected chi connectivity index (χ0v) is 8.66. The van der Waals surface area contributed by atoms with Crippen LogP contribution in [-0.2, 0) is 0 Å². The van der Waals surface area contributed by atoms with Gasteiger partial charge in [-0.2, -0.15) is 11.3 Å². The van der Waals surface area contributed by atoms with Gasteiger partial charge in [0.2, 0.25) is 0 Å². The van der Waals surface area contributed by atoms with Gasteiger partial charge in [-0.05, 0) is 35.4 Å². The summed E-state index contributed by atoms with van der Waals surface area (Å²) in [6.07, 6.45) is 3.65. The molecule has 0 aliphatic carbocycles. The Balaban J connectivity index is 2.15. The second-order valence-electron chi connectivity index (χ2n) is 3.01. The maximum absolute atomic E-state index is 4.26. The van der Waals surface area contributed by atoms with Crippen molar-refractivity contribution in [3.05, 3.63) is 46.3 Å². The Bertz CT molecular complexity index is 415. The summed E-state index contributed by atoms with van der Waals surface area (Å²) in [5.74, 6) is 0.752. The number of hydrogen-bond donors (Lipinski definition) is 0. The smallest absolute Gasteiger partial charge is 0.151 e. The Morgan fingerprint density at radius 2 is 2.29 bits per heavy atom. The first-order valence-corrected chi connectivity index (χ1v) is 5.28. The summed E-state index contributed by atoms with van der Waals surface area (Å²) in [6, 6.07) is 5.95. The first-order valence-electron chi connectivity index (χ1n) is 4.33. The molecule has 0 unspecified atom stereocenters. The topological polar surface area (TPSA) is 25.2 Å². The van der Waals surface area contributed by atoms with Gasteiger partial charge in [-0.25, -0.2) is 9.98 Å².